The quantitative estimate of drug-likeness (QED) is 0.820. The van der Waals surface area contributed by atoms with Crippen LogP contribution in [0.5, 0.6) is 0 Å². The molecule has 1 heterocycles. The van der Waals surface area contributed by atoms with Gasteiger partial charge in [0.1, 0.15) is 5.82 Å². The molecule has 1 aromatic heterocycles. The first-order valence-electron chi connectivity index (χ1n) is 4.55. The van der Waals surface area contributed by atoms with Crippen molar-refractivity contribution in [2.24, 2.45) is 5.73 Å². The molecule has 0 atom stereocenters. The van der Waals surface area contributed by atoms with Crippen LogP contribution in [-0.4, -0.2) is 0 Å². The maximum Gasteiger partial charge on any atom is 0.123 e. The maximum absolute atomic E-state index is 12.7. The lowest BCUT2D eigenvalue weighted by Gasteiger charge is -1.95. The number of nitrogen functional groups attached to an aromatic ring is 1. The molecule has 0 unspecified atom stereocenters. The largest absolute Gasteiger partial charge is 0.398 e. The normalized spacial score (nSPS) is 10.5. The zero-order valence-electron chi connectivity index (χ0n) is 8.03. The van der Waals surface area contributed by atoms with E-state index in [1.54, 1.807) is 23.5 Å². The molecule has 4 N–H and O–H groups in total. The van der Waals surface area contributed by atoms with Crippen molar-refractivity contribution in [1.82, 2.24) is 0 Å². The summed E-state index contributed by atoms with van der Waals surface area (Å²) in [4.78, 5) is 1.99. The molecule has 0 aliphatic carbocycles. The minimum atomic E-state index is -0.234. The number of hydrogen-bond acceptors (Lipinski definition) is 3. The summed E-state index contributed by atoms with van der Waals surface area (Å²) in [6, 6.07) is 8.22. The molecule has 0 saturated carbocycles. The summed E-state index contributed by atoms with van der Waals surface area (Å²) in [6.45, 7) is 0.442. The van der Waals surface area contributed by atoms with E-state index in [4.69, 9.17) is 11.5 Å². The van der Waals surface area contributed by atoms with E-state index >= 15 is 0 Å². The van der Waals surface area contributed by atoms with Crippen LogP contribution in [0.4, 0.5) is 10.1 Å². The second-order valence-electron chi connectivity index (χ2n) is 3.20. The molecule has 0 aliphatic heterocycles. The van der Waals surface area contributed by atoms with E-state index in [0.717, 1.165) is 15.3 Å². The summed E-state index contributed by atoms with van der Waals surface area (Å²) in [5.41, 5.74) is 13.0. The van der Waals surface area contributed by atoms with E-state index in [-0.39, 0.29) is 5.82 Å². The fraction of sp³-hybridized carbons (Fsp3) is 0.0909. The predicted octanol–water partition coefficient (Wildman–Crippen LogP) is 2.60. The van der Waals surface area contributed by atoms with Gasteiger partial charge in [0.2, 0.25) is 0 Å². The van der Waals surface area contributed by atoms with Crippen molar-refractivity contribution < 1.29 is 4.39 Å². The molecule has 0 radical (unpaired) electrons. The number of anilines is 1. The highest BCUT2D eigenvalue weighted by molar-refractivity contribution is 7.16. The van der Waals surface area contributed by atoms with Gasteiger partial charge in [-0.15, -0.1) is 11.3 Å². The number of nitrogens with two attached hydrogens (primary N) is 2. The number of benzene rings is 1. The average molecular weight is 222 g/mol. The van der Waals surface area contributed by atoms with Gasteiger partial charge in [0.05, 0.1) is 0 Å². The molecule has 0 saturated heterocycles. The summed E-state index contributed by atoms with van der Waals surface area (Å²) >= 11 is 1.55. The van der Waals surface area contributed by atoms with Gasteiger partial charge in [-0.05, 0) is 23.8 Å². The highest BCUT2D eigenvalue weighted by Crippen LogP contribution is 2.32. The molecule has 0 amide bonds. The second kappa shape index (κ2) is 4.00. The molecule has 2 aromatic rings. The Morgan fingerprint density at radius 2 is 1.87 bits per heavy atom. The fourth-order valence-electron chi connectivity index (χ4n) is 1.36. The first kappa shape index (κ1) is 10.1. The van der Waals surface area contributed by atoms with E-state index in [1.165, 1.54) is 12.1 Å². The molecule has 15 heavy (non-hydrogen) atoms. The van der Waals surface area contributed by atoms with Crippen molar-refractivity contribution in [3.05, 3.63) is 41.0 Å². The molecule has 0 spiro atoms. The number of rotatable bonds is 2. The second-order valence-corrected chi connectivity index (χ2v) is 4.34. The molecule has 0 bridgehead atoms. The van der Waals surface area contributed by atoms with Gasteiger partial charge in [-0.2, -0.15) is 0 Å². The van der Waals surface area contributed by atoms with Crippen LogP contribution in [0.15, 0.2) is 30.3 Å². The van der Waals surface area contributed by atoms with Crippen LogP contribution in [0.2, 0.25) is 0 Å². The lowest BCUT2D eigenvalue weighted by molar-refractivity contribution is 0.628. The third-order valence-electron chi connectivity index (χ3n) is 2.16. The van der Waals surface area contributed by atoms with Crippen molar-refractivity contribution in [1.29, 1.82) is 0 Å². The van der Waals surface area contributed by atoms with Crippen LogP contribution < -0.4 is 11.5 Å². The topological polar surface area (TPSA) is 52.0 Å². The van der Waals surface area contributed by atoms with Crippen molar-refractivity contribution in [3.8, 4) is 10.4 Å². The maximum atomic E-state index is 12.7. The molecule has 2 nitrogen and oxygen atoms in total. The Labute approximate surface area is 91.3 Å². The minimum absolute atomic E-state index is 0.234. The van der Waals surface area contributed by atoms with E-state index in [9.17, 15) is 4.39 Å². The summed E-state index contributed by atoms with van der Waals surface area (Å²) in [6.07, 6.45) is 0. The predicted molar refractivity (Wildman–Crippen MR) is 62.0 cm³/mol. The van der Waals surface area contributed by atoms with Gasteiger partial charge < -0.3 is 11.5 Å². The van der Waals surface area contributed by atoms with Crippen molar-refractivity contribution in [2.45, 2.75) is 6.54 Å². The van der Waals surface area contributed by atoms with Crippen molar-refractivity contribution in [2.75, 3.05) is 5.73 Å². The van der Waals surface area contributed by atoms with Crippen LogP contribution >= 0.6 is 11.3 Å². The standard InChI is InChI=1S/C11H11FN2S/c12-8-3-1-7(2-4-8)10-5-9(14)11(6-13)15-10/h1-5H,6,13-14H2. The van der Waals surface area contributed by atoms with Crippen LogP contribution in [0.25, 0.3) is 10.4 Å². The Morgan fingerprint density at radius 1 is 1.20 bits per heavy atom. The van der Waals surface area contributed by atoms with Crippen molar-refractivity contribution >= 4 is 17.0 Å². The van der Waals surface area contributed by atoms with Gasteiger partial charge >= 0.3 is 0 Å². The molecular formula is C11H11FN2S. The molecule has 1 aromatic carbocycles. The number of hydrogen-bond donors (Lipinski definition) is 2. The fourth-order valence-corrected chi connectivity index (χ4v) is 2.32. The Hall–Kier alpha value is -1.39. The first-order valence-corrected chi connectivity index (χ1v) is 5.36. The Kier molecular flexibility index (Phi) is 2.70. The lowest BCUT2D eigenvalue weighted by Crippen LogP contribution is -1.96. The van der Waals surface area contributed by atoms with Gasteiger partial charge in [-0.3, -0.25) is 0 Å². The van der Waals surface area contributed by atoms with Gasteiger partial charge in [0.15, 0.2) is 0 Å². The molecule has 78 valence electrons. The van der Waals surface area contributed by atoms with Crippen LogP contribution in [0, 0.1) is 5.82 Å². The molecule has 4 heteroatoms. The van der Waals surface area contributed by atoms with Gasteiger partial charge in [-0.25, -0.2) is 4.39 Å². The zero-order valence-corrected chi connectivity index (χ0v) is 8.85. The molecular weight excluding hydrogens is 211 g/mol. The summed E-state index contributed by atoms with van der Waals surface area (Å²) in [5.74, 6) is -0.234. The Balaban J connectivity index is 2.41. The van der Waals surface area contributed by atoms with Gasteiger partial charge in [0, 0.05) is 22.0 Å². The van der Waals surface area contributed by atoms with Crippen molar-refractivity contribution in [3.63, 3.8) is 0 Å². The summed E-state index contributed by atoms with van der Waals surface area (Å²) in [7, 11) is 0. The molecule has 0 fully saturated rings. The zero-order chi connectivity index (χ0) is 10.8. The molecule has 0 aliphatic rings. The minimum Gasteiger partial charge on any atom is -0.398 e. The third kappa shape index (κ3) is 2.00. The van der Waals surface area contributed by atoms with E-state index in [1.807, 2.05) is 6.07 Å². The van der Waals surface area contributed by atoms with E-state index in [2.05, 4.69) is 0 Å². The number of halogens is 1. The smallest absolute Gasteiger partial charge is 0.123 e. The van der Waals surface area contributed by atoms with E-state index < -0.39 is 0 Å². The van der Waals surface area contributed by atoms with E-state index in [0.29, 0.717) is 12.2 Å². The highest BCUT2D eigenvalue weighted by atomic mass is 32.1. The first-order chi connectivity index (χ1) is 7.20. The average Bonchev–Trinajstić information content (AvgIpc) is 2.61. The van der Waals surface area contributed by atoms with Gasteiger partial charge in [0.25, 0.3) is 0 Å². The SMILES string of the molecule is NCc1sc(-c2ccc(F)cc2)cc1N. The third-order valence-corrected chi connectivity index (χ3v) is 3.38. The van der Waals surface area contributed by atoms with Crippen LogP contribution in [-0.2, 0) is 6.54 Å². The Morgan fingerprint density at radius 3 is 2.40 bits per heavy atom. The monoisotopic (exact) mass is 222 g/mol. The van der Waals surface area contributed by atoms with Crippen LogP contribution in [0.3, 0.4) is 0 Å². The Bertz CT molecular complexity index is 462. The molecule has 2 rings (SSSR count). The highest BCUT2D eigenvalue weighted by Gasteiger charge is 2.06. The number of thiophene rings is 1. The van der Waals surface area contributed by atoms with Gasteiger partial charge in [-0.1, -0.05) is 12.1 Å². The summed E-state index contributed by atoms with van der Waals surface area (Å²) < 4.78 is 12.7. The summed E-state index contributed by atoms with van der Waals surface area (Å²) in [5, 5.41) is 0. The van der Waals surface area contributed by atoms with Crippen LogP contribution in [0.1, 0.15) is 4.88 Å². The lowest BCUT2D eigenvalue weighted by atomic mass is 10.2.